The average Bonchev–Trinajstić information content (AvgIpc) is 2.38. The molecule has 0 aliphatic rings. The summed E-state index contributed by atoms with van der Waals surface area (Å²) in [6, 6.07) is 6.82. The molecule has 20 heavy (non-hydrogen) atoms. The molecule has 0 aliphatic heterocycles. The number of halogens is 2. The lowest BCUT2D eigenvalue weighted by atomic mass is 10.2. The first-order valence-electron chi connectivity index (χ1n) is 5.84. The second kappa shape index (κ2) is 6.59. The summed E-state index contributed by atoms with van der Waals surface area (Å²) in [4.78, 5) is 15.6. The summed E-state index contributed by atoms with van der Waals surface area (Å²) in [5.41, 5.74) is 1.57. The minimum absolute atomic E-state index is 0.176. The molecule has 0 unspecified atom stereocenters. The van der Waals surface area contributed by atoms with Gasteiger partial charge in [0, 0.05) is 18.1 Å². The minimum Gasteiger partial charge on any atom is -0.481 e. The van der Waals surface area contributed by atoms with Crippen LogP contribution in [0.25, 0.3) is 0 Å². The number of benzene rings is 1. The maximum absolute atomic E-state index is 11.7. The van der Waals surface area contributed by atoms with Crippen LogP contribution in [0.15, 0.2) is 36.7 Å². The summed E-state index contributed by atoms with van der Waals surface area (Å²) in [5.74, 6) is 0.00715. The number of hydrogen-bond acceptors (Lipinski definition) is 3. The Hall–Kier alpha value is -1.78. The highest BCUT2D eigenvalue weighted by molar-refractivity contribution is 6.37. The lowest BCUT2D eigenvalue weighted by molar-refractivity contribution is -0.118. The third-order valence-electron chi connectivity index (χ3n) is 2.45. The van der Waals surface area contributed by atoms with E-state index in [0.29, 0.717) is 21.5 Å². The van der Waals surface area contributed by atoms with Crippen LogP contribution in [-0.2, 0) is 4.79 Å². The second-order valence-corrected chi connectivity index (χ2v) is 4.94. The monoisotopic (exact) mass is 310 g/mol. The van der Waals surface area contributed by atoms with Gasteiger partial charge in [0.2, 0.25) is 0 Å². The Morgan fingerprint density at radius 3 is 2.45 bits per heavy atom. The van der Waals surface area contributed by atoms with Gasteiger partial charge in [-0.05, 0) is 36.8 Å². The average molecular weight is 311 g/mol. The highest BCUT2D eigenvalue weighted by Crippen LogP contribution is 2.33. The summed E-state index contributed by atoms with van der Waals surface area (Å²) in [6.45, 7) is 1.70. The van der Waals surface area contributed by atoms with Crippen molar-refractivity contribution in [3.63, 3.8) is 0 Å². The first-order valence-corrected chi connectivity index (χ1v) is 6.60. The van der Waals surface area contributed by atoms with Gasteiger partial charge in [0.25, 0.3) is 5.91 Å². The molecule has 104 valence electrons. The van der Waals surface area contributed by atoms with Gasteiger partial charge in [-0.25, -0.2) is 0 Å². The maximum Gasteiger partial charge on any atom is 0.262 e. The molecular weight excluding hydrogens is 299 g/mol. The number of hydrogen-bond donors (Lipinski definition) is 1. The number of nitrogens with one attached hydrogen (secondary N) is 1. The van der Waals surface area contributed by atoms with Crippen LogP contribution >= 0.6 is 23.2 Å². The second-order valence-electron chi connectivity index (χ2n) is 4.13. The Bertz CT molecular complexity index is 595. The Balaban J connectivity index is 1.97. The lowest BCUT2D eigenvalue weighted by Crippen LogP contribution is -2.20. The Kier molecular flexibility index (Phi) is 4.82. The number of aromatic nitrogens is 1. The van der Waals surface area contributed by atoms with Crippen LogP contribution in [0.4, 0.5) is 5.69 Å². The van der Waals surface area contributed by atoms with E-state index in [-0.39, 0.29) is 12.5 Å². The zero-order valence-electron chi connectivity index (χ0n) is 10.7. The van der Waals surface area contributed by atoms with Gasteiger partial charge in [0.1, 0.15) is 0 Å². The van der Waals surface area contributed by atoms with E-state index in [4.69, 9.17) is 27.9 Å². The summed E-state index contributed by atoms with van der Waals surface area (Å²) in [5, 5.41) is 3.43. The molecule has 0 bridgehead atoms. The lowest BCUT2D eigenvalue weighted by Gasteiger charge is -2.11. The van der Waals surface area contributed by atoms with Crippen LogP contribution in [0.2, 0.25) is 10.0 Å². The molecule has 1 aromatic heterocycles. The molecular formula is C14H12Cl2N2O2. The molecule has 1 aromatic carbocycles. The Morgan fingerprint density at radius 1 is 1.25 bits per heavy atom. The molecule has 6 heteroatoms. The SMILES string of the molecule is Cc1cc(Cl)c(OCC(=O)Nc2ccncc2)c(Cl)c1. The van der Waals surface area contributed by atoms with Gasteiger partial charge in [-0.1, -0.05) is 23.2 Å². The van der Waals surface area contributed by atoms with Crippen molar-refractivity contribution in [3.05, 3.63) is 52.3 Å². The number of carbonyl (C=O) groups is 1. The van der Waals surface area contributed by atoms with E-state index in [9.17, 15) is 4.79 Å². The zero-order chi connectivity index (χ0) is 14.5. The summed E-state index contributed by atoms with van der Waals surface area (Å²) in [7, 11) is 0. The van der Waals surface area contributed by atoms with Crippen molar-refractivity contribution in [2.45, 2.75) is 6.92 Å². The molecule has 4 nitrogen and oxygen atoms in total. The third kappa shape index (κ3) is 3.85. The van der Waals surface area contributed by atoms with E-state index in [1.165, 1.54) is 0 Å². The molecule has 1 amide bonds. The predicted molar refractivity (Wildman–Crippen MR) is 79.6 cm³/mol. The first-order chi connectivity index (χ1) is 9.56. The fraction of sp³-hybridized carbons (Fsp3) is 0.143. The van der Waals surface area contributed by atoms with Gasteiger partial charge in [-0.3, -0.25) is 9.78 Å². The van der Waals surface area contributed by atoms with Crippen LogP contribution in [0.1, 0.15) is 5.56 Å². The number of ether oxygens (including phenoxy) is 1. The molecule has 0 aliphatic carbocycles. The van der Waals surface area contributed by atoms with Crippen LogP contribution in [0.3, 0.4) is 0 Å². The molecule has 0 radical (unpaired) electrons. The highest BCUT2D eigenvalue weighted by Gasteiger charge is 2.11. The van der Waals surface area contributed by atoms with Gasteiger partial charge >= 0.3 is 0 Å². The molecule has 2 aromatic rings. The zero-order valence-corrected chi connectivity index (χ0v) is 12.2. The van der Waals surface area contributed by atoms with Gasteiger partial charge in [0.05, 0.1) is 10.0 Å². The molecule has 1 heterocycles. The van der Waals surface area contributed by atoms with Gasteiger partial charge < -0.3 is 10.1 Å². The molecule has 0 spiro atoms. The molecule has 0 atom stereocenters. The fourth-order valence-corrected chi connectivity index (χ4v) is 2.30. The third-order valence-corrected chi connectivity index (χ3v) is 3.02. The largest absolute Gasteiger partial charge is 0.481 e. The Morgan fingerprint density at radius 2 is 1.85 bits per heavy atom. The van der Waals surface area contributed by atoms with Gasteiger partial charge in [-0.2, -0.15) is 0 Å². The van der Waals surface area contributed by atoms with E-state index in [1.54, 1.807) is 36.7 Å². The highest BCUT2D eigenvalue weighted by atomic mass is 35.5. The fourth-order valence-electron chi connectivity index (χ4n) is 1.59. The van der Waals surface area contributed by atoms with E-state index < -0.39 is 0 Å². The van der Waals surface area contributed by atoms with E-state index in [2.05, 4.69) is 10.3 Å². The smallest absolute Gasteiger partial charge is 0.262 e. The number of carbonyl (C=O) groups excluding carboxylic acids is 1. The number of pyridine rings is 1. The van der Waals surface area contributed by atoms with Crippen LogP contribution in [-0.4, -0.2) is 17.5 Å². The summed E-state index contributed by atoms with van der Waals surface area (Å²) >= 11 is 12.1. The number of anilines is 1. The van der Waals surface area contributed by atoms with E-state index >= 15 is 0 Å². The predicted octanol–water partition coefficient (Wildman–Crippen LogP) is 3.71. The van der Waals surface area contributed by atoms with Crippen molar-refractivity contribution in [1.82, 2.24) is 4.98 Å². The number of nitrogens with zero attached hydrogens (tertiary/aromatic N) is 1. The molecule has 0 saturated carbocycles. The van der Waals surface area contributed by atoms with Crippen molar-refractivity contribution in [3.8, 4) is 5.75 Å². The van der Waals surface area contributed by atoms with Crippen molar-refractivity contribution < 1.29 is 9.53 Å². The van der Waals surface area contributed by atoms with Crippen molar-refractivity contribution in [1.29, 1.82) is 0 Å². The van der Waals surface area contributed by atoms with Crippen molar-refractivity contribution >= 4 is 34.8 Å². The summed E-state index contributed by atoms with van der Waals surface area (Å²) < 4.78 is 5.37. The van der Waals surface area contributed by atoms with Gasteiger partial charge in [-0.15, -0.1) is 0 Å². The topological polar surface area (TPSA) is 51.2 Å². The maximum atomic E-state index is 11.7. The number of amides is 1. The van der Waals surface area contributed by atoms with Crippen LogP contribution in [0, 0.1) is 6.92 Å². The molecule has 1 N–H and O–H groups in total. The van der Waals surface area contributed by atoms with E-state index in [1.807, 2.05) is 6.92 Å². The van der Waals surface area contributed by atoms with Crippen LogP contribution in [0.5, 0.6) is 5.75 Å². The molecule has 0 saturated heterocycles. The minimum atomic E-state index is -0.302. The molecule has 0 fully saturated rings. The standard InChI is InChI=1S/C14H12Cl2N2O2/c1-9-6-11(15)14(12(16)7-9)20-8-13(19)18-10-2-4-17-5-3-10/h2-7H,8H2,1H3,(H,17,18,19). The van der Waals surface area contributed by atoms with Crippen molar-refractivity contribution in [2.24, 2.45) is 0 Å². The Labute approximate surface area is 126 Å². The number of rotatable bonds is 4. The quantitative estimate of drug-likeness (QED) is 0.936. The van der Waals surface area contributed by atoms with Crippen LogP contribution < -0.4 is 10.1 Å². The van der Waals surface area contributed by atoms with Crippen molar-refractivity contribution in [2.75, 3.05) is 11.9 Å². The first kappa shape index (κ1) is 14.6. The summed E-state index contributed by atoms with van der Waals surface area (Å²) in [6.07, 6.45) is 3.17. The van der Waals surface area contributed by atoms with E-state index in [0.717, 1.165) is 5.56 Å². The normalized spacial score (nSPS) is 10.2. The van der Waals surface area contributed by atoms with Gasteiger partial charge in [0.15, 0.2) is 12.4 Å². The number of aryl methyl sites for hydroxylation is 1. The molecule has 2 rings (SSSR count).